The summed E-state index contributed by atoms with van der Waals surface area (Å²) in [6, 6.07) is 5.92. The van der Waals surface area contributed by atoms with Gasteiger partial charge >= 0.3 is 11.9 Å². The van der Waals surface area contributed by atoms with E-state index in [-0.39, 0.29) is 96.0 Å². The fourth-order valence-electron chi connectivity index (χ4n) is 5.74. The summed E-state index contributed by atoms with van der Waals surface area (Å²) in [5.74, 6) is -0.339. The number of rotatable bonds is 30. The maximum Gasteiger partial charge on any atom is 0.311 e. The molecule has 320 valence electrons. The van der Waals surface area contributed by atoms with Crippen LogP contribution in [0, 0.1) is 0 Å². The van der Waals surface area contributed by atoms with E-state index in [4.69, 9.17) is 9.47 Å². The first-order valence-electron chi connectivity index (χ1n) is 21.3. The topological polar surface area (TPSA) is 195 Å². The minimum Gasteiger partial charge on any atom is -0.426 e. The summed E-state index contributed by atoms with van der Waals surface area (Å²) < 4.78 is 11.0. The first-order chi connectivity index (χ1) is 28.0. The second-order valence-corrected chi connectivity index (χ2v) is 14.2. The molecule has 0 fully saturated rings. The van der Waals surface area contributed by atoms with Gasteiger partial charge in [-0.25, -0.2) is 9.97 Å². The summed E-state index contributed by atoms with van der Waals surface area (Å²) >= 11 is 0. The second-order valence-electron chi connectivity index (χ2n) is 14.2. The number of pyridine rings is 2. The molecule has 0 unspecified atom stereocenters. The molecule has 0 saturated heterocycles. The van der Waals surface area contributed by atoms with Gasteiger partial charge in [0.05, 0.1) is 0 Å². The Morgan fingerprint density at radius 2 is 0.690 bits per heavy atom. The highest BCUT2D eigenvalue weighted by Gasteiger charge is 2.13. The molecule has 2 rings (SSSR count). The average Bonchev–Trinajstić information content (AvgIpc) is 3.19. The number of carbonyl (C=O) groups excluding carboxylic acids is 6. The lowest BCUT2D eigenvalue weighted by molar-refractivity contribution is -0.135. The number of hydrogen-bond donors (Lipinski definition) is 4. The van der Waals surface area contributed by atoms with E-state index < -0.39 is 0 Å². The molecule has 4 N–H and O–H groups in total. The standard InChI is InChI=1S/C44H66N6O8/c1-5-39(51)47-35-29-33(30-36(45-35)48-40(52)6-2)57-43(55)27-25-23-21-19-17-15-13-11-9-10-12-14-16-18-20-22-24-26-28-44(56)58-34-31-37(49-41(53)7-3)46-38(32-34)50-42(54)8-4/h9-10,29-32H,5-8,11-28H2,1-4H3,(H2,45,47,48,51,52)(H2,46,49,50,53,54)/b10-9-. The Morgan fingerprint density at radius 3 is 0.966 bits per heavy atom. The quantitative estimate of drug-likeness (QED) is 0.0335. The lowest BCUT2D eigenvalue weighted by Crippen LogP contribution is -2.15. The molecule has 14 heteroatoms. The summed E-state index contributed by atoms with van der Waals surface area (Å²) in [6.07, 6.45) is 23.4. The first-order valence-corrected chi connectivity index (χ1v) is 21.3. The van der Waals surface area contributed by atoms with Crippen LogP contribution in [0.1, 0.15) is 169 Å². The van der Waals surface area contributed by atoms with Crippen molar-refractivity contribution in [2.24, 2.45) is 0 Å². The number of amides is 4. The van der Waals surface area contributed by atoms with E-state index in [0.717, 1.165) is 64.2 Å². The minimum atomic E-state index is -0.359. The Morgan fingerprint density at radius 1 is 0.431 bits per heavy atom. The van der Waals surface area contributed by atoms with Crippen molar-refractivity contribution < 1.29 is 38.2 Å². The van der Waals surface area contributed by atoms with E-state index in [1.54, 1.807) is 27.7 Å². The number of unbranched alkanes of at least 4 members (excludes halogenated alkanes) is 14. The number of carbonyl (C=O) groups is 6. The maximum absolute atomic E-state index is 12.4. The van der Waals surface area contributed by atoms with Crippen LogP contribution in [0.25, 0.3) is 0 Å². The van der Waals surface area contributed by atoms with Crippen LogP contribution in [0.5, 0.6) is 11.5 Å². The second kappa shape index (κ2) is 30.0. The van der Waals surface area contributed by atoms with Gasteiger partial charge in [-0.3, -0.25) is 28.8 Å². The Bertz CT molecular complexity index is 1440. The van der Waals surface area contributed by atoms with E-state index in [1.807, 2.05) is 0 Å². The average molecular weight is 807 g/mol. The summed E-state index contributed by atoms with van der Waals surface area (Å²) in [7, 11) is 0. The van der Waals surface area contributed by atoms with Gasteiger partial charge in [-0.05, 0) is 38.5 Å². The van der Waals surface area contributed by atoms with Gasteiger partial charge in [0.2, 0.25) is 23.6 Å². The molecule has 0 spiro atoms. The van der Waals surface area contributed by atoms with Gasteiger partial charge in [0.25, 0.3) is 0 Å². The lowest BCUT2D eigenvalue weighted by Gasteiger charge is -2.11. The molecule has 0 aromatic carbocycles. The highest BCUT2D eigenvalue weighted by Crippen LogP contribution is 2.24. The Labute approximate surface area is 344 Å². The Hall–Kier alpha value is -5.14. The Kier molecular flexibility index (Phi) is 25.4. The van der Waals surface area contributed by atoms with Crippen LogP contribution in [0.2, 0.25) is 0 Å². The van der Waals surface area contributed by atoms with Gasteiger partial charge < -0.3 is 30.7 Å². The van der Waals surface area contributed by atoms with E-state index in [1.165, 1.54) is 62.8 Å². The van der Waals surface area contributed by atoms with Crippen molar-refractivity contribution in [2.45, 2.75) is 169 Å². The molecule has 0 aliphatic heterocycles. The first kappa shape index (κ1) is 49.0. The number of aromatic nitrogens is 2. The van der Waals surface area contributed by atoms with Crippen molar-refractivity contribution in [1.29, 1.82) is 0 Å². The van der Waals surface area contributed by atoms with E-state index in [2.05, 4.69) is 43.4 Å². The predicted octanol–water partition coefficient (Wildman–Crippen LogP) is 9.96. The molecule has 0 saturated carbocycles. The molecular formula is C44H66N6O8. The summed E-state index contributed by atoms with van der Waals surface area (Å²) in [4.78, 5) is 80.6. The largest absolute Gasteiger partial charge is 0.426 e. The van der Waals surface area contributed by atoms with E-state index in [9.17, 15) is 28.8 Å². The molecule has 58 heavy (non-hydrogen) atoms. The van der Waals surface area contributed by atoms with Gasteiger partial charge in [-0.1, -0.05) is 104 Å². The molecule has 14 nitrogen and oxygen atoms in total. The zero-order valence-corrected chi connectivity index (χ0v) is 35.2. The van der Waals surface area contributed by atoms with Gasteiger partial charge in [-0.15, -0.1) is 0 Å². The van der Waals surface area contributed by atoms with Crippen LogP contribution in [-0.2, 0) is 28.8 Å². The van der Waals surface area contributed by atoms with Crippen LogP contribution >= 0.6 is 0 Å². The molecule has 0 aliphatic rings. The third kappa shape index (κ3) is 23.2. The van der Waals surface area contributed by atoms with Gasteiger partial charge in [0.1, 0.15) is 34.8 Å². The predicted molar refractivity (Wildman–Crippen MR) is 228 cm³/mol. The van der Waals surface area contributed by atoms with Crippen LogP contribution in [0.4, 0.5) is 23.3 Å². The molecule has 4 amide bonds. The number of anilines is 4. The lowest BCUT2D eigenvalue weighted by atomic mass is 10.1. The Balaban J connectivity index is 1.46. The van der Waals surface area contributed by atoms with Gasteiger partial charge in [-0.2, -0.15) is 0 Å². The minimum absolute atomic E-state index is 0.215. The number of allylic oxidation sites excluding steroid dienone is 2. The number of nitrogens with zero attached hydrogens (tertiary/aromatic N) is 2. The number of ether oxygens (including phenoxy) is 2. The van der Waals surface area contributed by atoms with Crippen LogP contribution < -0.4 is 30.7 Å². The maximum atomic E-state index is 12.4. The molecule has 0 aliphatic carbocycles. The van der Waals surface area contributed by atoms with Crippen LogP contribution in [0.3, 0.4) is 0 Å². The molecule has 0 atom stereocenters. The fraction of sp³-hybridized carbons (Fsp3) is 0.591. The third-order valence-corrected chi connectivity index (χ3v) is 9.09. The summed E-state index contributed by atoms with van der Waals surface area (Å²) in [5, 5.41) is 10.6. The molecule has 2 aromatic rings. The SMILES string of the molecule is CCC(=O)Nc1cc(OC(=O)CCCCCCCCC/C=C\CCCCCCCCCC(=O)Oc2cc(NC(=O)CC)nc(NC(=O)CC)c2)cc(NC(=O)CC)n1. The number of hydrogen-bond acceptors (Lipinski definition) is 10. The number of nitrogens with one attached hydrogen (secondary N) is 4. The molecule has 2 aromatic heterocycles. The zero-order chi connectivity index (χ0) is 42.4. The molecule has 2 heterocycles. The monoisotopic (exact) mass is 806 g/mol. The molecule has 0 radical (unpaired) electrons. The third-order valence-electron chi connectivity index (χ3n) is 9.09. The van der Waals surface area contributed by atoms with Gasteiger partial charge in [0.15, 0.2) is 0 Å². The van der Waals surface area contributed by atoms with Crippen molar-refractivity contribution in [1.82, 2.24) is 9.97 Å². The zero-order valence-electron chi connectivity index (χ0n) is 35.2. The molecular weight excluding hydrogens is 741 g/mol. The number of esters is 2. The molecule has 0 bridgehead atoms. The van der Waals surface area contributed by atoms with Crippen molar-refractivity contribution in [3.05, 3.63) is 36.4 Å². The smallest absolute Gasteiger partial charge is 0.311 e. The van der Waals surface area contributed by atoms with Crippen molar-refractivity contribution >= 4 is 58.8 Å². The van der Waals surface area contributed by atoms with E-state index in [0.29, 0.717) is 12.8 Å². The normalized spacial score (nSPS) is 10.9. The summed E-state index contributed by atoms with van der Waals surface area (Å²) in [5.41, 5.74) is 0. The highest BCUT2D eigenvalue weighted by atomic mass is 16.5. The van der Waals surface area contributed by atoms with Crippen LogP contribution in [-0.4, -0.2) is 45.5 Å². The van der Waals surface area contributed by atoms with Crippen LogP contribution in [0.15, 0.2) is 36.4 Å². The van der Waals surface area contributed by atoms with Crippen molar-refractivity contribution in [3.63, 3.8) is 0 Å². The van der Waals surface area contributed by atoms with Gasteiger partial charge in [0, 0.05) is 62.8 Å². The van der Waals surface area contributed by atoms with Crippen molar-refractivity contribution in [2.75, 3.05) is 21.3 Å². The van der Waals surface area contributed by atoms with Crippen molar-refractivity contribution in [3.8, 4) is 11.5 Å². The highest BCUT2D eigenvalue weighted by molar-refractivity contribution is 5.93. The van der Waals surface area contributed by atoms with E-state index >= 15 is 0 Å². The summed E-state index contributed by atoms with van der Waals surface area (Å²) in [6.45, 7) is 6.88. The fourth-order valence-corrected chi connectivity index (χ4v) is 5.74.